The maximum atomic E-state index is 11.1. The van der Waals surface area contributed by atoms with Crippen molar-refractivity contribution in [3.63, 3.8) is 0 Å². The monoisotopic (exact) mass is 234 g/mol. The van der Waals surface area contributed by atoms with E-state index in [-0.39, 0.29) is 5.97 Å². The predicted molar refractivity (Wildman–Crippen MR) is 70.0 cm³/mol. The summed E-state index contributed by atoms with van der Waals surface area (Å²) in [6, 6.07) is 8.73. The van der Waals surface area contributed by atoms with Crippen molar-refractivity contribution in [3.05, 3.63) is 35.4 Å². The highest BCUT2D eigenvalue weighted by molar-refractivity contribution is 5.69. The quantitative estimate of drug-likeness (QED) is 0.533. The van der Waals surface area contributed by atoms with Crippen LogP contribution >= 0.6 is 0 Å². The van der Waals surface area contributed by atoms with Crippen molar-refractivity contribution in [3.8, 4) is 0 Å². The van der Waals surface area contributed by atoms with Crippen molar-refractivity contribution >= 4 is 5.97 Å². The van der Waals surface area contributed by atoms with E-state index in [2.05, 4.69) is 31.2 Å². The molecule has 0 fully saturated rings. The van der Waals surface area contributed by atoms with Crippen molar-refractivity contribution < 1.29 is 9.53 Å². The number of carbonyl (C=O) groups excluding carboxylic acids is 1. The SMILES string of the molecule is CCOC(=O)CCCCc1ccc(CC)cc1. The molecule has 17 heavy (non-hydrogen) atoms. The number of ether oxygens (including phenoxy) is 1. The van der Waals surface area contributed by atoms with Gasteiger partial charge in [-0.25, -0.2) is 0 Å². The van der Waals surface area contributed by atoms with E-state index in [0.29, 0.717) is 13.0 Å². The molecular formula is C15H22O2. The number of hydrogen-bond acceptors (Lipinski definition) is 2. The molecule has 0 unspecified atom stereocenters. The highest BCUT2D eigenvalue weighted by Crippen LogP contribution is 2.09. The van der Waals surface area contributed by atoms with Gasteiger partial charge in [0.2, 0.25) is 0 Å². The molecule has 0 aliphatic heterocycles. The summed E-state index contributed by atoms with van der Waals surface area (Å²) < 4.78 is 4.89. The number of aryl methyl sites for hydroxylation is 2. The second-order valence-corrected chi connectivity index (χ2v) is 4.18. The van der Waals surface area contributed by atoms with E-state index in [4.69, 9.17) is 4.74 Å². The third kappa shape index (κ3) is 5.53. The molecule has 0 aliphatic carbocycles. The number of benzene rings is 1. The van der Waals surface area contributed by atoms with Gasteiger partial charge >= 0.3 is 5.97 Å². The summed E-state index contributed by atoms with van der Waals surface area (Å²) in [5, 5.41) is 0. The van der Waals surface area contributed by atoms with Crippen LogP contribution in [0, 0.1) is 0 Å². The molecule has 0 spiro atoms. The normalized spacial score (nSPS) is 10.2. The van der Waals surface area contributed by atoms with Crippen molar-refractivity contribution in [2.45, 2.75) is 46.0 Å². The smallest absolute Gasteiger partial charge is 0.305 e. The zero-order valence-corrected chi connectivity index (χ0v) is 10.9. The zero-order chi connectivity index (χ0) is 12.5. The van der Waals surface area contributed by atoms with E-state index >= 15 is 0 Å². The van der Waals surface area contributed by atoms with Crippen LogP contribution < -0.4 is 0 Å². The fourth-order valence-corrected chi connectivity index (χ4v) is 1.77. The summed E-state index contributed by atoms with van der Waals surface area (Å²) in [6.45, 7) is 4.48. The topological polar surface area (TPSA) is 26.3 Å². The lowest BCUT2D eigenvalue weighted by Gasteiger charge is -2.03. The summed E-state index contributed by atoms with van der Waals surface area (Å²) >= 11 is 0. The molecule has 1 rings (SSSR count). The Bertz CT molecular complexity index is 327. The first kappa shape index (κ1) is 13.8. The van der Waals surface area contributed by atoms with Crippen LogP contribution in [0.15, 0.2) is 24.3 Å². The maximum absolute atomic E-state index is 11.1. The third-order valence-corrected chi connectivity index (χ3v) is 2.83. The molecule has 1 aromatic rings. The molecule has 0 aromatic heterocycles. The zero-order valence-electron chi connectivity index (χ0n) is 10.9. The van der Waals surface area contributed by atoms with E-state index in [1.807, 2.05) is 6.92 Å². The second-order valence-electron chi connectivity index (χ2n) is 4.18. The van der Waals surface area contributed by atoms with Crippen LogP contribution in [-0.2, 0) is 22.4 Å². The molecule has 0 heterocycles. The highest BCUT2D eigenvalue weighted by Gasteiger charge is 2.01. The first-order chi connectivity index (χ1) is 8.26. The highest BCUT2D eigenvalue weighted by atomic mass is 16.5. The van der Waals surface area contributed by atoms with Gasteiger partial charge in [-0.15, -0.1) is 0 Å². The van der Waals surface area contributed by atoms with Crippen LogP contribution in [0.2, 0.25) is 0 Å². The minimum absolute atomic E-state index is 0.0752. The van der Waals surface area contributed by atoms with Crippen molar-refractivity contribution in [2.75, 3.05) is 6.61 Å². The van der Waals surface area contributed by atoms with E-state index in [1.165, 1.54) is 11.1 Å². The summed E-state index contributed by atoms with van der Waals surface area (Å²) in [4.78, 5) is 11.1. The average molecular weight is 234 g/mol. The van der Waals surface area contributed by atoms with E-state index in [1.54, 1.807) is 0 Å². The molecule has 0 amide bonds. The Kier molecular flexibility index (Phi) is 6.38. The van der Waals surface area contributed by atoms with Crippen molar-refractivity contribution in [2.24, 2.45) is 0 Å². The fourth-order valence-electron chi connectivity index (χ4n) is 1.77. The number of unbranched alkanes of at least 4 members (excludes halogenated alkanes) is 1. The maximum Gasteiger partial charge on any atom is 0.305 e. The average Bonchev–Trinajstić information content (AvgIpc) is 2.36. The lowest BCUT2D eigenvalue weighted by molar-refractivity contribution is -0.143. The Morgan fingerprint density at radius 2 is 1.71 bits per heavy atom. The molecular weight excluding hydrogens is 212 g/mol. The van der Waals surface area contributed by atoms with Crippen molar-refractivity contribution in [1.29, 1.82) is 0 Å². The van der Waals surface area contributed by atoms with E-state index < -0.39 is 0 Å². The standard InChI is InChI=1S/C15H22O2/c1-3-13-9-11-14(12-10-13)7-5-6-8-15(16)17-4-2/h9-12H,3-8H2,1-2H3. The Morgan fingerprint density at radius 1 is 1.06 bits per heavy atom. The molecule has 0 saturated heterocycles. The number of rotatable bonds is 7. The minimum Gasteiger partial charge on any atom is -0.466 e. The molecule has 0 aliphatic rings. The molecule has 0 radical (unpaired) electrons. The molecule has 2 heteroatoms. The van der Waals surface area contributed by atoms with Gasteiger partial charge in [0.1, 0.15) is 0 Å². The Labute approximate surface area is 104 Å². The second kappa shape index (κ2) is 7.88. The summed E-state index contributed by atoms with van der Waals surface area (Å²) in [7, 11) is 0. The largest absolute Gasteiger partial charge is 0.466 e. The fraction of sp³-hybridized carbons (Fsp3) is 0.533. The van der Waals surface area contributed by atoms with Gasteiger partial charge in [-0.2, -0.15) is 0 Å². The first-order valence-electron chi connectivity index (χ1n) is 6.49. The molecule has 0 N–H and O–H groups in total. The van der Waals surface area contributed by atoms with Crippen LogP contribution in [0.1, 0.15) is 44.2 Å². The molecule has 2 nitrogen and oxygen atoms in total. The van der Waals surface area contributed by atoms with Gasteiger partial charge in [0.15, 0.2) is 0 Å². The van der Waals surface area contributed by atoms with Crippen LogP contribution in [0.5, 0.6) is 0 Å². The molecule has 1 aromatic carbocycles. The van der Waals surface area contributed by atoms with Crippen LogP contribution in [0.3, 0.4) is 0 Å². The van der Waals surface area contributed by atoms with Gasteiger partial charge in [0, 0.05) is 6.42 Å². The summed E-state index contributed by atoms with van der Waals surface area (Å²) in [6.07, 6.45) is 4.63. The first-order valence-corrected chi connectivity index (χ1v) is 6.49. The van der Waals surface area contributed by atoms with Crippen molar-refractivity contribution in [1.82, 2.24) is 0 Å². The summed E-state index contributed by atoms with van der Waals surface area (Å²) in [5.74, 6) is -0.0752. The van der Waals surface area contributed by atoms with Gasteiger partial charge in [-0.05, 0) is 43.7 Å². The van der Waals surface area contributed by atoms with E-state index in [0.717, 1.165) is 25.7 Å². The molecule has 0 saturated carbocycles. The Morgan fingerprint density at radius 3 is 2.29 bits per heavy atom. The number of hydrogen-bond donors (Lipinski definition) is 0. The van der Waals surface area contributed by atoms with Crippen LogP contribution in [0.4, 0.5) is 0 Å². The van der Waals surface area contributed by atoms with Gasteiger partial charge in [0.25, 0.3) is 0 Å². The third-order valence-electron chi connectivity index (χ3n) is 2.83. The van der Waals surface area contributed by atoms with Gasteiger partial charge < -0.3 is 4.74 Å². The minimum atomic E-state index is -0.0752. The number of carbonyl (C=O) groups is 1. The lowest BCUT2D eigenvalue weighted by atomic mass is 10.0. The lowest BCUT2D eigenvalue weighted by Crippen LogP contribution is -2.03. The van der Waals surface area contributed by atoms with E-state index in [9.17, 15) is 4.79 Å². The molecule has 94 valence electrons. The summed E-state index contributed by atoms with van der Waals surface area (Å²) in [5.41, 5.74) is 2.73. The van der Waals surface area contributed by atoms with Gasteiger partial charge in [0.05, 0.1) is 6.61 Å². The Hall–Kier alpha value is -1.31. The van der Waals surface area contributed by atoms with Gasteiger partial charge in [-0.1, -0.05) is 31.2 Å². The Balaban J connectivity index is 2.19. The molecule has 0 atom stereocenters. The number of esters is 1. The van der Waals surface area contributed by atoms with Crippen LogP contribution in [-0.4, -0.2) is 12.6 Å². The predicted octanol–water partition coefficient (Wildman–Crippen LogP) is 3.52. The molecule has 0 bridgehead atoms. The van der Waals surface area contributed by atoms with Gasteiger partial charge in [-0.3, -0.25) is 4.79 Å². The van der Waals surface area contributed by atoms with Crippen LogP contribution in [0.25, 0.3) is 0 Å².